The number of carbonyl (C=O) groups is 2. The van der Waals surface area contributed by atoms with E-state index in [2.05, 4.69) is 10.3 Å². The van der Waals surface area contributed by atoms with Gasteiger partial charge in [-0.2, -0.15) is 0 Å². The largest absolute Gasteiger partial charge is 0.480 e. The van der Waals surface area contributed by atoms with Gasteiger partial charge in [-0.3, -0.25) is 9.78 Å². The molecule has 0 aliphatic carbocycles. The number of para-hydroxylation sites is 1. The SMILES string of the molecule is Cc1nc2ccccc2cc1C(=O)NC(CO)C(=O)O. The van der Waals surface area contributed by atoms with Gasteiger partial charge in [-0.05, 0) is 19.1 Å². The van der Waals surface area contributed by atoms with Crippen LogP contribution in [0, 0.1) is 6.92 Å². The van der Waals surface area contributed by atoms with Crippen LogP contribution in [0.4, 0.5) is 0 Å². The Morgan fingerprint density at radius 3 is 2.70 bits per heavy atom. The normalized spacial score (nSPS) is 12.1. The molecule has 0 saturated carbocycles. The monoisotopic (exact) mass is 274 g/mol. The molecule has 2 aromatic rings. The lowest BCUT2D eigenvalue weighted by Crippen LogP contribution is -2.43. The second-order valence-electron chi connectivity index (χ2n) is 4.36. The molecule has 0 radical (unpaired) electrons. The van der Waals surface area contributed by atoms with Crippen molar-refractivity contribution in [1.29, 1.82) is 0 Å². The number of carboxylic acids is 1. The van der Waals surface area contributed by atoms with Crippen LogP contribution in [0.2, 0.25) is 0 Å². The second kappa shape index (κ2) is 5.66. The molecule has 6 heteroatoms. The molecule has 1 aromatic carbocycles. The van der Waals surface area contributed by atoms with Gasteiger partial charge in [-0.1, -0.05) is 18.2 Å². The zero-order valence-corrected chi connectivity index (χ0v) is 10.8. The molecule has 104 valence electrons. The molecule has 0 saturated heterocycles. The summed E-state index contributed by atoms with van der Waals surface area (Å²) in [5.74, 6) is -1.85. The van der Waals surface area contributed by atoms with Gasteiger partial charge in [-0.25, -0.2) is 4.79 Å². The predicted octanol–water partition coefficient (Wildman–Crippen LogP) is 0.719. The maximum Gasteiger partial charge on any atom is 0.328 e. The van der Waals surface area contributed by atoms with Gasteiger partial charge in [0.05, 0.1) is 23.4 Å². The number of hydrogen-bond acceptors (Lipinski definition) is 4. The van der Waals surface area contributed by atoms with Crippen molar-refractivity contribution in [3.63, 3.8) is 0 Å². The lowest BCUT2D eigenvalue weighted by Gasteiger charge is -2.13. The number of aliphatic carboxylic acids is 1. The van der Waals surface area contributed by atoms with Crippen LogP contribution in [0.5, 0.6) is 0 Å². The number of aryl methyl sites for hydroxylation is 1. The first kappa shape index (κ1) is 14.0. The molecule has 0 fully saturated rings. The van der Waals surface area contributed by atoms with Crippen LogP contribution in [0.3, 0.4) is 0 Å². The molecule has 0 spiro atoms. The average Bonchev–Trinajstić information content (AvgIpc) is 2.43. The van der Waals surface area contributed by atoms with Gasteiger partial charge in [-0.15, -0.1) is 0 Å². The van der Waals surface area contributed by atoms with Crippen molar-refractivity contribution in [2.45, 2.75) is 13.0 Å². The molecule has 3 N–H and O–H groups in total. The fraction of sp³-hybridized carbons (Fsp3) is 0.214. The minimum atomic E-state index is -1.33. The predicted molar refractivity (Wildman–Crippen MR) is 72.5 cm³/mol. The summed E-state index contributed by atoms with van der Waals surface area (Å²) in [7, 11) is 0. The van der Waals surface area contributed by atoms with Crippen LogP contribution in [0.25, 0.3) is 10.9 Å². The molecule has 1 unspecified atom stereocenters. The van der Waals surface area contributed by atoms with Gasteiger partial charge in [0.2, 0.25) is 0 Å². The number of nitrogens with one attached hydrogen (secondary N) is 1. The van der Waals surface area contributed by atoms with Crippen LogP contribution >= 0.6 is 0 Å². The number of nitrogens with zero attached hydrogens (tertiary/aromatic N) is 1. The van der Waals surface area contributed by atoms with Crippen molar-refractivity contribution < 1.29 is 19.8 Å². The summed E-state index contributed by atoms with van der Waals surface area (Å²) in [4.78, 5) is 27.2. The van der Waals surface area contributed by atoms with Crippen molar-refractivity contribution >= 4 is 22.8 Å². The fourth-order valence-corrected chi connectivity index (χ4v) is 1.86. The molecule has 1 atom stereocenters. The summed E-state index contributed by atoms with van der Waals surface area (Å²) >= 11 is 0. The highest BCUT2D eigenvalue weighted by molar-refractivity contribution is 6.00. The summed E-state index contributed by atoms with van der Waals surface area (Å²) in [5, 5.41) is 20.8. The molecule has 0 aliphatic rings. The number of fused-ring (bicyclic) bond motifs is 1. The molecule has 2 rings (SSSR count). The van der Waals surface area contributed by atoms with E-state index in [1.54, 1.807) is 13.0 Å². The lowest BCUT2D eigenvalue weighted by molar-refractivity contribution is -0.140. The summed E-state index contributed by atoms with van der Waals surface area (Å²) in [6.45, 7) is 1.01. The number of hydrogen-bond donors (Lipinski definition) is 3. The summed E-state index contributed by atoms with van der Waals surface area (Å²) in [5.41, 5.74) is 1.56. The van der Waals surface area contributed by atoms with E-state index in [0.717, 1.165) is 10.9 Å². The maximum absolute atomic E-state index is 12.1. The summed E-state index contributed by atoms with van der Waals surface area (Å²) in [6, 6.07) is 7.66. The number of benzene rings is 1. The van der Waals surface area contributed by atoms with E-state index in [4.69, 9.17) is 10.2 Å². The molecule has 1 heterocycles. The van der Waals surface area contributed by atoms with Crippen molar-refractivity contribution in [3.05, 3.63) is 41.6 Å². The van der Waals surface area contributed by atoms with Crippen molar-refractivity contribution in [3.8, 4) is 0 Å². The lowest BCUT2D eigenvalue weighted by atomic mass is 10.1. The second-order valence-corrected chi connectivity index (χ2v) is 4.36. The molecule has 1 amide bonds. The van der Waals surface area contributed by atoms with Crippen LogP contribution < -0.4 is 5.32 Å². The fourth-order valence-electron chi connectivity index (χ4n) is 1.86. The van der Waals surface area contributed by atoms with Crippen LogP contribution in [-0.4, -0.2) is 39.7 Å². The number of carbonyl (C=O) groups excluding carboxylic acids is 1. The van der Waals surface area contributed by atoms with Gasteiger partial charge >= 0.3 is 5.97 Å². The first-order valence-electron chi connectivity index (χ1n) is 6.04. The highest BCUT2D eigenvalue weighted by Crippen LogP contribution is 2.16. The zero-order valence-electron chi connectivity index (χ0n) is 10.8. The molecule has 1 aromatic heterocycles. The Labute approximate surface area is 115 Å². The van der Waals surface area contributed by atoms with E-state index in [0.29, 0.717) is 11.3 Å². The minimum Gasteiger partial charge on any atom is -0.480 e. The molecular weight excluding hydrogens is 260 g/mol. The van der Waals surface area contributed by atoms with E-state index >= 15 is 0 Å². The number of amides is 1. The van der Waals surface area contributed by atoms with Crippen molar-refractivity contribution in [1.82, 2.24) is 10.3 Å². The third kappa shape index (κ3) is 2.75. The van der Waals surface area contributed by atoms with Crippen LogP contribution in [0.15, 0.2) is 30.3 Å². The smallest absolute Gasteiger partial charge is 0.328 e. The molecule has 0 aliphatic heterocycles. The van der Waals surface area contributed by atoms with Gasteiger partial charge in [0.1, 0.15) is 0 Å². The van der Waals surface area contributed by atoms with Crippen LogP contribution in [-0.2, 0) is 4.79 Å². The Balaban J connectivity index is 2.34. The number of carboxylic acid groups (broad SMARTS) is 1. The van der Waals surface area contributed by atoms with Crippen molar-refractivity contribution in [2.24, 2.45) is 0 Å². The molecule has 6 nitrogen and oxygen atoms in total. The molecule has 20 heavy (non-hydrogen) atoms. The minimum absolute atomic E-state index is 0.295. The van der Waals surface area contributed by atoms with Crippen LogP contribution in [0.1, 0.15) is 16.1 Å². The number of aliphatic hydroxyl groups excluding tert-OH is 1. The van der Waals surface area contributed by atoms with Gasteiger partial charge in [0.25, 0.3) is 5.91 Å². The third-order valence-electron chi connectivity index (χ3n) is 2.95. The number of rotatable bonds is 4. The Hall–Kier alpha value is -2.47. The molecular formula is C14H14N2O4. The van der Waals surface area contributed by atoms with E-state index in [9.17, 15) is 9.59 Å². The maximum atomic E-state index is 12.1. The Bertz CT molecular complexity index is 669. The van der Waals surface area contributed by atoms with E-state index < -0.39 is 24.5 Å². The standard InChI is InChI=1S/C14H14N2O4/c1-8-10(13(18)16-12(7-17)14(19)20)6-9-4-2-3-5-11(9)15-8/h2-6,12,17H,7H2,1H3,(H,16,18)(H,19,20). The highest BCUT2D eigenvalue weighted by atomic mass is 16.4. The first-order valence-corrected chi connectivity index (χ1v) is 6.04. The Morgan fingerprint density at radius 2 is 2.05 bits per heavy atom. The topological polar surface area (TPSA) is 99.5 Å². The average molecular weight is 274 g/mol. The number of aromatic nitrogens is 1. The number of aliphatic hydroxyl groups is 1. The highest BCUT2D eigenvalue weighted by Gasteiger charge is 2.21. The van der Waals surface area contributed by atoms with E-state index in [1.165, 1.54) is 0 Å². The van der Waals surface area contributed by atoms with E-state index in [1.807, 2.05) is 24.3 Å². The van der Waals surface area contributed by atoms with Crippen molar-refractivity contribution in [2.75, 3.05) is 6.61 Å². The summed E-state index contributed by atoms with van der Waals surface area (Å²) in [6.07, 6.45) is 0. The molecule has 0 bridgehead atoms. The zero-order chi connectivity index (χ0) is 14.7. The number of pyridine rings is 1. The first-order chi connectivity index (χ1) is 9.52. The Morgan fingerprint density at radius 1 is 1.35 bits per heavy atom. The van der Waals surface area contributed by atoms with E-state index in [-0.39, 0.29) is 0 Å². The Kier molecular flexibility index (Phi) is 3.95. The summed E-state index contributed by atoms with van der Waals surface area (Å²) < 4.78 is 0. The van der Waals surface area contributed by atoms with Gasteiger partial charge in [0.15, 0.2) is 6.04 Å². The van der Waals surface area contributed by atoms with Gasteiger partial charge in [0, 0.05) is 5.39 Å². The van der Waals surface area contributed by atoms with Gasteiger partial charge < -0.3 is 15.5 Å². The third-order valence-corrected chi connectivity index (χ3v) is 2.95. The quantitative estimate of drug-likeness (QED) is 0.762.